The van der Waals surface area contributed by atoms with Gasteiger partial charge in [0.05, 0.1) is 17.4 Å². The Kier molecular flexibility index (Phi) is 6.32. The van der Waals surface area contributed by atoms with Gasteiger partial charge in [-0.05, 0) is 44.0 Å². The molecule has 1 unspecified atom stereocenters. The number of benzene rings is 1. The number of nitrogens with one attached hydrogen (secondary N) is 2. The molecule has 1 aliphatic rings. The summed E-state index contributed by atoms with van der Waals surface area (Å²) in [6.07, 6.45) is 0.200. The number of nitrogens with zero attached hydrogens (tertiary/aromatic N) is 1. The summed E-state index contributed by atoms with van der Waals surface area (Å²) < 4.78 is 44.0. The van der Waals surface area contributed by atoms with Crippen LogP contribution in [0.5, 0.6) is 0 Å². The van der Waals surface area contributed by atoms with Crippen molar-refractivity contribution in [2.45, 2.75) is 24.7 Å². The van der Waals surface area contributed by atoms with Gasteiger partial charge in [0, 0.05) is 13.1 Å². The van der Waals surface area contributed by atoms with Gasteiger partial charge in [-0.15, -0.1) is 0 Å². The Balaban J connectivity index is 2.01. The molecule has 1 fully saturated rings. The molecular weight excluding hydrogens is 353 g/mol. The first-order valence-corrected chi connectivity index (χ1v) is 9.27. The average Bonchev–Trinajstić information content (AvgIpc) is 2.60. The normalized spacial score (nSPS) is 18.4. The minimum atomic E-state index is -3.81. The maximum atomic E-state index is 13.0. The highest BCUT2D eigenvalue weighted by Gasteiger charge is 2.33. The first-order chi connectivity index (χ1) is 11.8. The fourth-order valence-corrected chi connectivity index (χ4v) is 4.04. The number of halogens is 1. The molecule has 0 spiro atoms. The van der Waals surface area contributed by atoms with E-state index < -0.39 is 33.8 Å². The molecule has 1 atom stereocenters. The van der Waals surface area contributed by atoms with Crippen molar-refractivity contribution in [3.63, 3.8) is 0 Å². The zero-order valence-electron chi connectivity index (χ0n) is 13.7. The first kappa shape index (κ1) is 19.1. The summed E-state index contributed by atoms with van der Waals surface area (Å²) in [5.74, 6) is -1.63. The van der Waals surface area contributed by atoms with E-state index in [1.807, 2.05) is 0 Å². The fraction of sp³-hybridized carbons (Fsp3) is 0.467. The Morgan fingerprint density at radius 2 is 1.96 bits per heavy atom. The van der Waals surface area contributed by atoms with Crippen LogP contribution in [0.15, 0.2) is 29.2 Å². The molecule has 2 rings (SSSR count). The van der Waals surface area contributed by atoms with Gasteiger partial charge in [-0.2, -0.15) is 4.31 Å². The van der Waals surface area contributed by atoms with E-state index in [9.17, 15) is 22.4 Å². The summed E-state index contributed by atoms with van der Waals surface area (Å²) in [4.78, 5) is 23.3. The van der Waals surface area contributed by atoms with Crippen molar-refractivity contribution in [3.8, 4) is 0 Å². The Labute approximate surface area is 145 Å². The number of piperidine rings is 1. The van der Waals surface area contributed by atoms with E-state index in [-0.39, 0.29) is 24.6 Å². The average molecular weight is 373 g/mol. The lowest BCUT2D eigenvalue weighted by Gasteiger charge is -2.31. The van der Waals surface area contributed by atoms with E-state index in [1.54, 1.807) is 6.92 Å². The van der Waals surface area contributed by atoms with Crippen LogP contribution < -0.4 is 10.9 Å². The van der Waals surface area contributed by atoms with Gasteiger partial charge in [0.15, 0.2) is 0 Å². The van der Waals surface area contributed by atoms with Crippen LogP contribution in [0.25, 0.3) is 0 Å². The number of carbonyl (C=O) groups is 2. The molecule has 0 aromatic heterocycles. The standard InChI is InChI=1S/C15H20FN3O5S/c1-2-24-15(21)18-17-14(20)11-4-3-9-19(10-11)25(22,23)13-7-5-12(16)6-8-13/h5-8,11H,2-4,9-10H2,1H3,(H,17,20)(H,18,21). The van der Waals surface area contributed by atoms with Gasteiger partial charge in [0.25, 0.3) is 0 Å². The van der Waals surface area contributed by atoms with Crippen LogP contribution in [0, 0.1) is 11.7 Å². The summed E-state index contributed by atoms with van der Waals surface area (Å²) in [6, 6.07) is 4.53. The highest BCUT2D eigenvalue weighted by atomic mass is 32.2. The van der Waals surface area contributed by atoms with Gasteiger partial charge < -0.3 is 4.74 Å². The number of hydrazine groups is 1. The molecule has 0 radical (unpaired) electrons. The van der Waals surface area contributed by atoms with Crippen LogP contribution in [0.4, 0.5) is 9.18 Å². The summed E-state index contributed by atoms with van der Waals surface area (Å²) in [5, 5.41) is 0. The summed E-state index contributed by atoms with van der Waals surface area (Å²) in [5.41, 5.74) is 4.32. The third-order valence-electron chi connectivity index (χ3n) is 3.77. The van der Waals surface area contributed by atoms with E-state index in [0.29, 0.717) is 12.8 Å². The number of rotatable bonds is 4. The molecule has 1 heterocycles. The molecule has 1 aromatic rings. The van der Waals surface area contributed by atoms with E-state index in [1.165, 1.54) is 16.4 Å². The quantitative estimate of drug-likeness (QED) is 0.766. The molecule has 1 aromatic carbocycles. The molecule has 10 heteroatoms. The highest BCUT2D eigenvalue weighted by molar-refractivity contribution is 7.89. The van der Waals surface area contributed by atoms with Crippen LogP contribution in [0.3, 0.4) is 0 Å². The molecule has 1 aliphatic heterocycles. The van der Waals surface area contributed by atoms with E-state index in [4.69, 9.17) is 0 Å². The van der Waals surface area contributed by atoms with Crippen LogP contribution in [0.1, 0.15) is 19.8 Å². The SMILES string of the molecule is CCOC(=O)NNC(=O)C1CCCN(S(=O)(=O)c2ccc(F)cc2)C1. The Hall–Kier alpha value is -2.20. The molecular formula is C15H20FN3O5S. The lowest BCUT2D eigenvalue weighted by Crippen LogP contribution is -2.50. The first-order valence-electron chi connectivity index (χ1n) is 7.83. The molecule has 0 aliphatic carbocycles. The zero-order valence-corrected chi connectivity index (χ0v) is 14.5. The largest absolute Gasteiger partial charge is 0.449 e. The lowest BCUT2D eigenvalue weighted by molar-refractivity contribution is -0.127. The van der Waals surface area contributed by atoms with Crippen LogP contribution >= 0.6 is 0 Å². The number of sulfonamides is 1. The zero-order chi connectivity index (χ0) is 18.4. The number of hydrogen-bond acceptors (Lipinski definition) is 5. The fourth-order valence-electron chi connectivity index (χ4n) is 2.51. The Morgan fingerprint density at radius 1 is 1.28 bits per heavy atom. The van der Waals surface area contributed by atoms with Crippen LogP contribution in [0.2, 0.25) is 0 Å². The molecule has 8 nitrogen and oxygen atoms in total. The molecule has 0 bridgehead atoms. The van der Waals surface area contributed by atoms with Crippen molar-refractivity contribution in [1.29, 1.82) is 0 Å². The van der Waals surface area contributed by atoms with Gasteiger partial charge in [0.1, 0.15) is 5.82 Å². The van der Waals surface area contributed by atoms with Crippen molar-refractivity contribution in [1.82, 2.24) is 15.2 Å². The summed E-state index contributed by atoms with van der Waals surface area (Å²) in [6.45, 7) is 2.04. The third-order valence-corrected chi connectivity index (χ3v) is 5.65. The minimum Gasteiger partial charge on any atom is -0.449 e. The van der Waals surface area contributed by atoms with Gasteiger partial charge in [-0.3, -0.25) is 10.2 Å². The highest BCUT2D eigenvalue weighted by Crippen LogP contribution is 2.24. The maximum Gasteiger partial charge on any atom is 0.426 e. The summed E-state index contributed by atoms with van der Waals surface area (Å²) >= 11 is 0. The summed E-state index contributed by atoms with van der Waals surface area (Å²) in [7, 11) is -3.81. The van der Waals surface area contributed by atoms with Crippen LogP contribution in [-0.4, -0.2) is 44.4 Å². The van der Waals surface area contributed by atoms with Crippen molar-refractivity contribution >= 4 is 22.0 Å². The Morgan fingerprint density at radius 3 is 2.60 bits per heavy atom. The lowest BCUT2D eigenvalue weighted by atomic mass is 9.99. The number of ether oxygens (including phenoxy) is 1. The van der Waals surface area contributed by atoms with Crippen molar-refractivity contribution in [2.75, 3.05) is 19.7 Å². The van der Waals surface area contributed by atoms with Gasteiger partial charge >= 0.3 is 6.09 Å². The van der Waals surface area contributed by atoms with E-state index in [2.05, 4.69) is 15.6 Å². The van der Waals surface area contributed by atoms with Crippen molar-refractivity contribution < 1.29 is 27.1 Å². The number of hydrogen-bond donors (Lipinski definition) is 2. The smallest absolute Gasteiger partial charge is 0.426 e. The molecule has 1 saturated heterocycles. The molecule has 0 saturated carbocycles. The second-order valence-electron chi connectivity index (χ2n) is 5.49. The predicted molar refractivity (Wildman–Crippen MR) is 86.2 cm³/mol. The van der Waals surface area contributed by atoms with E-state index in [0.717, 1.165) is 12.1 Å². The van der Waals surface area contributed by atoms with Gasteiger partial charge in [0.2, 0.25) is 15.9 Å². The second kappa shape index (κ2) is 8.26. The molecule has 138 valence electrons. The molecule has 2 N–H and O–H groups in total. The topological polar surface area (TPSA) is 105 Å². The van der Waals surface area contributed by atoms with Gasteiger partial charge in [-0.1, -0.05) is 0 Å². The monoisotopic (exact) mass is 373 g/mol. The van der Waals surface area contributed by atoms with Crippen molar-refractivity contribution in [3.05, 3.63) is 30.1 Å². The van der Waals surface area contributed by atoms with Crippen LogP contribution in [-0.2, 0) is 19.6 Å². The molecule has 25 heavy (non-hydrogen) atoms. The predicted octanol–water partition coefficient (Wildman–Crippen LogP) is 1.00. The van der Waals surface area contributed by atoms with Crippen molar-refractivity contribution in [2.24, 2.45) is 5.92 Å². The van der Waals surface area contributed by atoms with Gasteiger partial charge in [-0.25, -0.2) is 23.0 Å². The minimum absolute atomic E-state index is 0.0178. The number of amides is 2. The van der Waals surface area contributed by atoms with E-state index >= 15 is 0 Å². The maximum absolute atomic E-state index is 13.0. The second-order valence-corrected chi connectivity index (χ2v) is 7.43. The Bertz CT molecular complexity index is 723. The number of carbonyl (C=O) groups excluding carboxylic acids is 2. The molecule has 2 amide bonds. The third kappa shape index (κ3) is 4.89.